The first-order valence-electron chi connectivity index (χ1n) is 7.88. The topological polar surface area (TPSA) is 92.8 Å². The molecule has 1 amide bonds. The summed E-state index contributed by atoms with van der Waals surface area (Å²) >= 11 is 0. The molecule has 2 rings (SSSR count). The predicted molar refractivity (Wildman–Crippen MR) is 89.3 cm³/mol. The number of hydrogen-bond donors (Lipinski definition) is 1. The summed E-state index contributed by atoms with van der Waals surface area (Å²) in [6, 6.07) is 6.35. The number of rotatable bonds is 5. The van der Waals surface area contributed by atoms with Gasteiger partial charge in [0.2, 0.25) is 10.0 Å². The van der Waals surface area contributed by atoms with Gasteiger partial charge < -0.3 is 9.64 Å². The Labute approximate surface area is 142 Å². The number of amides is 1. The van der Waals surface area contributed by atoms with Crippen molar-refractivity contribution in [1.29, 1.82) is 0 Å². The van der Waals surface area contributed by atoms with Crippen molar-refractivity contribution >= 4 is 21.9 Å². The minimum Gasteiger partial charge on any atom is -0.427 e. The Bertz CT molecular complexity index is 709. The molecule has 1 heterocycles. The quantitative estimate of drug-likeness (QED) is 0.633. The third-order valence-electron chi connectivity index (χ3n) is 3.85. The highest BCUT2D eigenvalue weighted by Gasteiger charge is 2.26. The summed E-state index contributed by atoms with van der Waals surface area (Å²) in [6.45, 7) is 3.86. The van der Waals surface area contributed by atoms with Crippen LogP contribution in [0.15, 0.2) is 24.3 Å². The molecular weight excluding hydrogens is 332 g/mol. The van der Waals surface area contributed by atoms with Crippen LogP contribution in [0.1, 0.15) is 37.0 Å². The van der Waals surface area contributed by atoms with Crippen LogP contribution in [0.25, 0.3) is 0 Å². The zero-order valence-electron chi connectivity index (χ0n) is 13.8. The highest BCUT2D eigenvalue weighted by atomic mass is 32.2. The number of nitrogens with zero attached hydrogens (tertiary/aromatic N) is 1. The van der Waals surface area contributed by atoms with Crippen LogP contribution >= 0.6 is 0 Å². The summed E-state index contributed by atoms with van der Waals surface area (Å²) in [5.41, 5.74) is 0.446. The van der Waals surface area contributed by atoms with Gasteiger partial charge in [-0.1, -0.05) is 6.07 Å². The average Bonchev–Trinajstić information content (AvgIpc) is 2.54. The first-order valence-corrected chi connectivity index (χ1v) is 9.53. The van der Waals surface area contributed by atoms with Crippen molar-refractivity contribution in [2.75, 3.05) is 18.8 Å². The van der Waals surface area contributed by atoms with Crippen molar-refractivity contribution in [3.05, 3.63) is 29.8 Å². The van der Waals surface area contributed by atoms with E-state index in [1.165, 1.54) is 13.0 Å². The summed E-state index contributed by atoms with van der Waals surface area (Å²) in [6.07, 6.45) is 1.16. The van der Waals surface area contributed by atoms with E-state index in [-0.39, 0.29) is 17.7 Å². The molecule has 24 heavy (non-hydrogen) atoms. The number of likely N-dealkylation sites (tertiary alicyclic amines) is 1. The molecule has 0 aliphatic carbocycles. The van der Waals surface area contributed by atoms with Crippen LogP contribution in [-0.4, -0.2) is 50.1 Å². The lowest BCUT2D eigenvalue weighted by molar-refractivity contribution is -0.131. The van der Waals surface area contributed by atoms with Crippen LogP contribution in [-0.2, 0) is 14.8 Å². The van der Waals surface area contributed by atoms with Gasteiger partial charge in [-0.05, 0) is 38.0 Å². The minimum atomic E-state index is -3.23. The summed E-state index contributed by atoms with van der Waals surface area (Å²) in [7, 11) is -3.23. The van der Waals surface area contributed by atoms with E-state index < -0.39 is 16.0 Å². The number of benzene rings is 1. The number of carbonyl (C=O) groups excluding carboxylic acids is 2. The van der Waals surface area contributed by atoms with Gasteiger partial charge in [0, 0.05) is 31.6 Å². The van der Waals surface area contributed by atoms with E-state index in [2.05, 4.69) is 4.72 Å². The largest absolute Gasteiger partial charge is 0.427 e. The van der Waals surface area contributed by atoms with Crippen molar-refractivity contribution in [3.8, 4) is 5.75 Å². The monoisotopic (exact) mass is 354 g/mol. The van der Waals surface area contributed by atoms with Crippen LogP contribution in [0.4, 0.5) is 0 Å². The number of sulfonamides is 1. The van der Waals surface area contributed by atoms with Gasteiger partial charge >= 0.3 is 5.97 Å². The maximum atomic E-state index is 12.5. The second kappa shape index (κ2) is 7.76. The molecular formula is C16H22N2O5S. The van der Waals surface area contributed by atoms with E-state index in [1.807, 2.05) is 0 Å². The standard InChI is InChI=1S/C16H22N2O5S/c1-3-24(21,22)17-14-7-9-18(10-8-14)16(20)13-5-4-6-15(11-13)23-12(2)19/h4-6,11,14,17H,3,7-10H2,1-2H3. The predicted octanol–water partition coefficient (Wildman–Crippen LogP) is 1.16. The molecule has 1 aliphatic heterocycles. The Morgan fingerprint density at radius 1 is 1.29 bits per heavy atom. The first-order chi connectivity index (χ1) is 11.3. The van der Waals surface area contributed by atoms with E-state index in [4.69, 9.17) is 4.74 Å². The molecule has 1 fully saturated rings. The number of hydrogen-bond acceptors (Lipinski definition) is 5. The Kier molecular flexibility index (Phi) is 5.95. The third-order valence-corrected chi connectivity index (χ3v) is 5.30. The number of ether oxygens (including phenoxy) is 1. The van der Waals surface area contributed by atoms with Gasteiger partial charge in [0.15, 0.2) is 0 Å². The number of esters is 1. The summed E-state index contributed by atoms with van der Waals surface area (Å²) in [4.78, 5) is 25.2. The number of piperidine rings is 1. The molecule has 0 aromatic heterocycles. The van der Waals surface area contributed by atoms with Gasteiger partial charge in [-0.25, -0.2) is 13.1 Å². The average molecular weight is 354 g/mol. The molecule has 1 aromatic carbocycles. The van der Waals surface area contributed by atoms with E-state index in [9.17, 15) is 18.0 Å². The lowest BCUT2D eigenvalue weighted by Crippen LogP contribution is -2.46. The Balaban J connectivity index is 1.97. The maximum Gasteiger partial charge on any atom is 0.308 e. The first kappa shape index (κ1) is 18.4. The molecule has 0 unspecified atom stereocenters. The zero-order chi connectivity index (χ0) is 17.7. The van der Waals surface area contributed by atoms with Crippen molar-refractivity contribution in [2.24, 2.45) is 0 Å². The van der Waals surface area contributed by atoms with Crippen LogP contribution in [0, 0.1) is 0 Å². The van der Waals surface area contributed by atoms with Gasteiger partial charge in [-0.3, -0.25) is 9.59 Å². The Morgan fingerprint density at radius 3 is 2.54 bits per heavy atom. The molecule has 1 aromatic rings. The van der Waals surface area contributed by atoms with Gasteiger partial charge in [0.1, 0.15) is 5.75 Å². The fraction of sp³-hybridized carbons (Fsp3) is 0.500. The second-order valence-electron chi connectivity index (χ2n) is 5.71. The smallest absolute Gasteiger partial charge is 0.308 e. The number of nitrogens with one attached hydrogen (secondary N) is 1. The van der Waals surface area contributed by atoms with E-state index in [1.54, 1.807) is 30.0 Å². The van der Waals surface area contributed by atoms with Gasteiger partial charge in [-0.15, -0.1) is 0 Å². The molecule has 0 atom stereocenters. The summed E-state index contributed by atoms with van der Waals surface area (Å²) in [5, 5.41) is 0. The van der Waals surface area contributed by atoms with Gasteiger partial charge in [0.05, 0.1) is 5.75 Å². The lowest BCUT2D eigenvalue weighted by Gasteiger charge is -2.32. The molecule has 0 bridgehead atoms. The van der Waals surface area contributed by atoms with Crippen LogP contribution in [0.2, 0.25) is 0 Å². The molecule has 0 spiro atoms. The summed E-state index contributed by atoms with van der Waals surface area (Å²) in [5.74, 6) is -0.210. The van der Waals surface area contributed by atoms with Crippen molar-refractivity contribution in [1.82, 2.24) is 9.62 Å². The highest BCUT2D eigenvalue weighted by Crippen LogP contribution is 2.18. The molecule has 8 heteroatoms. The Hall–Kier alpha value is -1.93. The van der Waals surface area contributed by atoms with Gasteiger partial charge in [0.25, 0.3) is 5.91 Å². The normalized spacial score (nSPS) is 16.0. The molecule has 1 aliphatic rings. The fourth-order valence-electron chi connectivity index (χ4n) is 2.58. The molecule has 1 saturated heterocycles. The van der Waals surface area contributed by atoms with Crippen LogP contribution in [0.5, 0.6) is 5.75 Å². The minimum absolute atomic E-state index is 0.0507. The molecule has 1 N–H and O–H groups in total. The van der Waals surface area contributed by atoms with E-state index in [0.717, 1.165) is 0 Å². The fourth-order valence-corrected chi connectivity index (χ4v) is 3.49. The van der Waals surface area contributed by atoms with Crippen molar-refractivity contribution in [2.45, 2.75) is 32.7 Å². The van der Waals surface area contributed by atoms with Crippen LogP contribution < -0.4 is 9.46 Å². The molecule has 132 valence electrons. The highest BCUT2D eigenvalue weighted by molar-refractivity contribution is 7.89. The maximum absolute atomic E-state index is 12.5. The Morgan fingerprint density at radius 2 is 1.96 bits per heavy atom. The lowest BCUT2D eigenvalue weighted by atomic mass is 10.0. The van der Waals surface area contributed by atoms with E-state index in [0.29, 0.717) is 37.2 Å². The van der Waals surface area contributed by atoms with Crippen LogP contribution in [0.3, 0.4) is 0 Å². The third kappa shape index (κ3) is 5.04. The van der Waals surface area contributed by atoms with Crippen molar-refractivity contribution < 1.29 is 22.7 Å². The zero-order valence-corrected chi connectivity index (χ0v) is 14.6. The second-order valence-corrected chi connectivity index (χ2v) is 7.75. The summed E-state index contributed by atoms with van der Waals surface area (Å²) < 4.78 is 30.8. The SMILES string of the molecule is CCS(=O)(=O)NC1CCN(C(=O)c2cccc(OC(C)=O)c2)CC1. The van der Waals surface area contributed by atoms with Crippen molar-refractivity contribution in [3.63, 3.8) is 0 Å². The van der Waals surface area contributed by atoms with E-state index >= 15 is 0 Å². The van der Waals surface area contributed by atoms with Gasteiger partial charge in [-0.2, -0.15) is 0 Å². The molecule has 0 saturated carbocycles. The molecule has 0 radical (unpaired) electrons. The number of carbonyl (C=O) groups is 2. The molecule has 7 nitrogen and oxygen atoms in total.